The van der Waals surface area contributed by atoms with Gasteiger partial charge in [-0.15, -0.1) is 0 Å². The number of carboxylic acids is 1. The normalized spacial score (nSPS) is 15.1. The van der Waals surface area contributed by atoms with Crippen LogP contribution in [0.15, 0.2) is 24.3 Å². The molecule has 0 spiro atoms. The first-order chi connectivity index (χ1) is 21.5. The molecule has 262 valence electrons. The van der Waals surface area contributed by atoms with Crippen molar-refractivity contribution in [3.05, 3.63) is 24.3 Å². The van der Waals surface area contributed by atoms with Crippen molar-refractivity contribution in [2.24, 2.45) is 0 Å². The molecule has 0 aromatic heterocycles. The summed E-state index contributed by atoms with van der Waals surface area (Å²) in [5, 5.41) is 36.4. The van der Waals surface area contributed by atoms with Crippen molar-refractivity contribution in [3.8, 4) is 0 Å². The minimum Gasteiger partial charge on any atom is -0.478 e. The Morgan fingerprint density at radius 2 is 1.36 bits per heavy atom. The molecule has 0 rings (SSSR count). The van der Waals surface area contributed by atoms with Gasteiger partial charge >= 0.3 is 25.7 Å². The lowest BCUT2D eigenvalue weighted by Crippen LogP contribution is -2.30. The lowest BCUT2D eigenvalue weighted by Gasteiger charge is -2.20. The van der Waals surface area contributed by atoms with Crippen LogP contribution in [0.5, 0.6) is 0 Å². The van der Waals surface area contributed by atoms with E-state index in [9.17, 15) is 34.1 Å². The van der Waals surface area contributed by atoms with Gasteiger partial charge in [-0.2, -0.15) is 0 Å². The van der Waals surface area contributed by atoms with Gasteiger partial charge < -0.3 is 34.8 Å². The van der Waals surface area contributed by atoms with Crippen LogP contribution in [0, 0.1) is 0 Å². The van der Waals surface area contributed by atoms with E-state index in [-0.39, 0.29) is 19.3 Å². The molecule has 13 nitrogen and oxygen atoms in total. The highest BCUT2D eigenvalue weighted by Crippen LogP contribution is 2.43. The Morgan fingerprint density at radius 1 is 0.778 bits per heavy atom. The van der Waals surface area contributed by atoms with Crippen LogP contribution in [0.2, 0.25) is 0 Å². The summed E-state index contributed by atoms with van der Waals surface area (Å²) in [6.07, 6.45) is 16.5. The summed E-state index contributed by atoms with van der Waals surface area (Å²) in [6.45, 7) is -0.353. The average Bonchev–Trinajstić information content (AvgIpc) is 3.00. The zero-order valence-corrected chi connectivity index (χ0v) is 27.5. The molecular weight excluding hydrogens is 611 g/mol. The molecule has 0 aromatic carbocycles. The first-order valence-electron chi connectivity index (χ1n) is 16.0. The zero-order chi connectivity index (χ0) is 33.8. The summed E-state index contributed by atoms with van der Waals surface area (Å²) < 4.78 is 31.8. The zero-order valence-electron chi connectivity index (χ0n) is 26.6. The number of carbonyl (C=O) groups is 3. The first-order valence-corrected chi connectivity index (χ1v) is 17.5. The van der Waals surface area contributed by atoms with Gasteiger partial charge in [0.1, 0.15) is 12.7 Å². The van der Waals surface area contributed by atoms with Gasteiger partial charge in [0.25, 0.3) is 0 Å². The molecule has 5 N–H and O–H groups in total. The Bertz CT molecular complexity index is 893. The minimum absolute atomic E-state index is 0.141. The van der Waals surface area contributed by atoms with Gasteiger partial charge in [0.2, 0.25) is 0 Å². The molecule has 0 aliphatic carbocycles. The number of carboxylic acid groups (broad SMARTS) is 1. The summed E-state index contributed by atoms with van der Waals surface area (Å²) >= 11 is 0. The first kappa shape index (κ1) is 42.9. The van der Waals surface area contributed by atoms with E-state index in [1.807, 2.05) is 0 Å². The van der Waals surface area contributed by atoms with Gasteiger partial charge in [0.05, 0.1) is 25.9 Å². The molecule has 0 amide bonds. The number of hydrogen-bond acceptors (Lipinski definition) is 11. The van der Waals surface area contributed by atoms with Crippen LogP contribution in [0.1, 0.15) is 110 Å². The second kappa shape index (κ2) is 28.1. The van der Waals surface area contributed by atoms with E-state index >= 15 is 0 Å². The van der Waals surface area contributed by atoms with Gasteiger partial charge in [0.15, 0.2) is 6.10 Å². The Balaban J connectivity index is 4.45. The highest BCUT2D eigenvalue weighted by molar-refractivity contribution is 7.47. The maximum absolute atomic E-state index is 12.3. The number of rotatable bonds is 30. The number of phosphoric ester groups is 1. The Morgan fingerprint density at radius 3 is 1.96 bits per heavy atom. The maximum atomic E-state index is 12.3. The number of allylic oxidation sites excluding steroid dienone is 2. The van der Waals surface area contributed by atoms with E-state index in [1.54, 1.807) is 0 Å². The maximum Gasteiger partial charge on any atom is 0.472 e. The number of aliphatic hydroxyl groups excluding tert-OH is 3. The molecule has 0 saturated heterocycles. The van der Waals surface area contributed by atoms with Crippen molar-refractivity contribution in [1.29, 1.82) is 0 Å². The van der Waals surface area contributed by atoms with Gasteiger partial charge in [0, 0.05) is 18.9 Å². The average molecular weight is 667 g/mol. The standard InChI is InChI=1S/C31H55O13P/c1-2-3-4-5-6-7-8-9-10-11-12-13-14-15-16-17-30(37)41-24-28(25-43-45(39,40)42-23-27(34)22-32)44-31(38)21-19-26(33)18-20-29(35)36/h9-10,18,20,26-28,32-34H,2-8,11-17,19,21-25H2,1H3,(H,35,36)(H,39,40)/b10-9-,20-18+/t26?,27-,28+/m0/s1. The van der Waals surface area contributed by atoms with Gasteiger partial charge in [-0.1, -0.05) is 70.4 Å². The second-order valence-corrected chi connectivity index (χ2v) is 12.3. The van der Waals surface area contributed by atoms with Crippen molar-refractivity contribution < 1.29 is 62.8 Å². The van der Waals surface area contributed by atoms with Gasteiger partial charge in [-0.3, -0.25) is 18.6 Å². The number of aliphatic carboxylic acids is 1. The van der Waals surface area contributed by atoms with Gasteiger partial charge in [-0.25, -0.2) is 9.36 Å². The molecule has 0 aromatic rings. The van der Waals surface area contributed by atoms with E-state index in [1.165, 1.54) is 38.5 Å². The van der Waals surface area contributed by atoms with Crippen molar-refractivity contribution in [1.82, 2.24) is 0 Å². The Kier molecular flexibility index (Phi) is 26.8. The van der Waals surface area contributed by atoms with Crippen LogP contribution in [0.3, 0.4) is 0 Å². The molecule has 0 aliphatic rings. The number of hydrogen-bond donors (Lipinski definition) is 5. The summed E-state index contributed by atoms with van der Waals surface area (Å²) in [6, 6.07) is 0. The molecule has 0 aliphatic heterocycles. The van der Waals surface area contributed by atoms with Crippen molar-refractivity contribution in [2.45, 2.75) is 128 Å². The number of unbranched alkanes of at least 4 members (excludes halogenated alkanes) is 11. The van der Waals surface area contributed by atoms with Crippen LogP contribution in [-0.2, 0) is 37.5 Å². The van der Waals surface area contributed by atoms with Crippen LogP contribution in [0.4, 0.5) is 0 Å². The molecule has 14 heteroatoms. The molecule has 0 heterocycles. The van der Waals surface area contributed by atoms with E-state index in [0.717, 1.165) is 50.7 Å². The van der Waals surface area contributed by atoms with E-state index in [2.05, 4.69) is 23.6 Å². The molecular formula is C31H55O13P. The SMILES string of the molecule is CCCCCCCC/C=C\CCCCCCCC(=O)OC[C@H](COP(=O)(O)OC[C@@H](O)CO)OC(=O)CCC(O)/C=C/C(=O)O. The molecule has 0 saturated carbocycles. The smallest absolute Gasteiger partial charge is 0.472 e. The van der Waals surface area contributed by atoms with Crippen LogP contribution < -0.4 is 0 Å². The highest BCUT2D eigenvalue weighted by Gasteiger charge is 2.27. The molecule has 2 unspecified atom stereocenters. The Hall–Kier alpha value is -2.12. The van der Waals surface area contributed by atoms with E-state index in [4.69, 9.17) is 24.2 Å². The predicted molar refractivity (Wildman–Crippen MR) is 167 cm³/mol. The third-order valence-corrected chi connectivity index (χ3v) is 7.49. The van der Waals surface area contributed by atoms with Crippen molar-refractivity contribution >= 4 is 25.7 Å². The second-order valence-electron chi connectivity index (χ2n) is 10.8. The third kappa shape index (κ3) is 29.1. The van der Waals surface area contributed by atoms with Gasteiger partial charge in [-0.05, 0) is 44.6 Å². The van der Waals surface area contributed by atoms with Crippen LogP contribution >= 0.6 is 7.82 Å². The Labute approximate surface area is 267 Å². The number of carbonyl (C=O) groups excluding carboxylic acids is 2. The van der Waals surface area contributed by atoms with Crippen molar-refractivity contribution in [2.75, 3.05) is 26.4 Å². The lowest BCUT2D eigenvalue weighted by atomic mass is 10.1. The lowest BCUT2D eigenvalue weighted by molar-refractivity contribution is -0.161. The fourth-order valence-electron chi connectivity index (χ4n) is 3.96. The minimum atomic E-state index is -4.71. The highest BCUT2D eigenvalue weighted by atomic mass is 31.2. The summed E-state index contributed by atoms with van der Waals surface area (Å²) in [7, 11) is -4.71. The van der Waals surface area contributed by atoms with E-state index < -0.39 is 70.5 Å². The quantitative estimate of drug-likeness (QED) is 0.0231. The molecule has 0 bridgehead atoms. The number of phosphoric acid groups is 1. The number of esters is 2. The fourth-order valence-corrected chi connectivity index (χ4v) is 4.75. The predicted octanol–water partition coefficient (Wildman–Crippen LogP) is 4.75. The summed E-state index contributed by atoms with van der Waals surface area (Å²) in [5.41, 5.74) is 0. The summed E-state index contributed by atoms with van der Waals surface area (Å²) in [4.78, 5) is 44.8. The molecule has 0 fully saturated rings. The number of ether oxygens (including phenoxy) is 2. The number of aliphatic hydroxyl groups is 3. The third-order valence-electron chi connectivity index (χ3n) is 6.54. The van der Waals surface area contributed by atoms with E-state index in [0.29, 0.717) is 6.42 Å². The molecule has 4 atom stereocenters. The van der Waals surface area contributed by atoms with Crippen LogP contribution in [0.25, 0.3) is 0 Å². The monoisotopic (exact) mass is 666 g/mol. The largest absolute Gasteiger partial charge is 0.478 e. The fraction of sp³-hybridized carbons (Fsp3) is 0.774. The summed E-state index contributed by atoms with van der Waals surface area (Å²) in [5.74, 6) is -2.67. The van der Waals surface area contributed by atoms with Crippen molar-refractivity contribution in [3.63, 3.8) is 0 Å². The van der Waals surface area contributed by atoms with Crippen LogP contribution in [-0.4, -0.2) is 88.0 Å². The molecule has 45 heavy (non-hydrogen) atoms. The topological polar surface area (TPSA) is 206 Å². The molecule has 0 radical (unpaired) electrons.